The van der Waals surface area contributed by atoms with E-state index in [2.05, 4.69) is 5.32 Å². The van der Waals surface area contributed by atoms with E-state index >= 15 is 0 Å². The monoisotopic (exact) mass is 271 g/mol. The van der Waals surface area contributed by atoms with Gasteiger partial charge in [-0.3, -0.25) is 0 Å². The summed E-state index contributed by atoms with van der Waals surface area (Å²) in [6, 6.07) is 7.96. The fourth-order valence-electron chi connectivity index (χ4n) is 1.60. The smallest absolute Gasteiger partial charge is 0.147 e. The Kier molecular flexibility index (Phi) is 5.62. The lowest BCUT2D eigenvalue weighted by Crippen LogP contribution is -2.10. The Morgan fingerprint density at radius 3 is 2.72 bits per heavy atom. The maximum absolute atomic E-state index is 11.0. The van der Waals surface area contributed by atoms with E-state index in [1.165, 1.54) is 6.26 Å². The molecule has 0 aliphatic carbocycles. The number of nitrogens with one attached hydrogen (secondary N) is 1. The van der Waals surface area contributed by atoms with Crippen LogP contribution in [0.15, 0.2) is 24.3 Å². The minimum Gasteiger partial charge on any atom is -0.385 e. The van der Waals surface area contributed by atoms with E-state index in [4.69, 9.17) is 4.74 Å². The fraction of sp³-hybridized carbons (Fsp3) is 0.538. The molecule has 1 N–H and O–H groups in total. The van der Waals surface area contributed by atoms with Crippen LogP contribution in [0.1, 0.15) is 25.0 Å². The molecule has 1 aromatic rings. The molecule has 0 amide bonds. The topological polar surface area (TPSA) is 55.4 Å². The first-order valence-electron chi connectivity index (χ1n) is 5.97. The van der Waals surface area contributed by atoms with Crippen LogP contribution in [0.2, 0.25) is 0 Å². The number of hydrogen-bond acceptors (Lipinski definition) is 4. The lowest BCUT2D eigenvalue weighted by Gasteiger charge is -2.12. The molecule has 0 spiro atoms. The lowest BCUT2D eigenvalue weighted by atomic mass is 10.1. The van der Waals surface area contributed by atoms with Crippen LogP contribution in [0.3, 0.4) is 0 Å². The van der Waals surface area contributed by atoms with Gasteiger partial charge >= 0.3 is 0 Å². The Morgan fingerprint density at radius 2 is 2.11 bits per heavy atom. The van der Waals surface area contributed by atoms with Gasteiger partial charge in [0.05, 0.1) is 11.9 Å². The van der Waals surface area contributed by atoms with Gasteiger partial charge in [0, 0.05) is 25.6 Å². The molecule has 102 valence electrons. The number of anilines is 1. The average molecular weight is 271 g/mol. The van der Waals surface area contributed by atoms with Gasteiger partial charge in [-0.15, -0.1) is 0 Å². The molecule has 0 aromatic heterocycles. The van der Waals surface area contributed by atoms with Gasteiger partial charge in [-0.2, -0.15) is 0 Å². The van der Waals surface area contributed by atoms with Crippen LogP contribution in [0.4, 0.5) is 5.69 Å². The van der Waals surface area contributed by atoms with E-state index in [1.54, 1.807) is 7.11 Å². The number of methoxy groups -OCH3 is 1. The van der Waals surface area contributed by atoms with Crippen molar-refractivity contribution in [1.82, 2.24) is 0 Å². The zero-order chi connectivity index (χ0) is 13.6. The number of benzene rings is 1. The van der Waals surface area contributed by atoms with Crippen molar-refractivity contribution in [1.29, 1.82) is 0 Å². The Balaban J connectivity index is 2.48. The van der Waals surface area contributed by atoms with Crippen LogP contribution in [0.25, 0.3) is 0 Å². The molecule has 4 nitrogen and oxygen atoms in total. The first-order chi connectivity index (χ1) is 8.42. The molecule has 0 aliphatic rings. The maximum atomic E-state index is 11.0. The molecular weight excluding hydrogens is 250 g/mol. The molecule has 18 heavy (non-hydrogen) atoms. The second-order valence-electron chi connectivity index (χ2n) is 4.41. The van der Waals surface area contributed by atoms with Gasteiger partial charge in [0.1, 0.15) is 9.84 Å². The van der Waals surface area contributed by atoms with Gasteiger partial charge in [0.15, 0.2) is 0 Å². The summed E-state index contributed by atoms with van der Waals surface area (Å²) in [6.07, 6.45) is 1.93. The second-order valence-corrected chi connectivity index (χ2v) is 6.67. The average Bonchev–Trinajstić information content (AvgIpc) is 2.33. The highest BCUT2D eigenvalue weighted by Gasteiger charge is 2.04. The van der Waals surface area contributed by atoms with E-state index in [0.717, 1.165) is 11.3 Å². The molecular formula is C13H21NO3S. The molecule has 1 unspecified atom stereocenters. The quantitative estimate of drug-likeness (QED) is 0.773. The lowest BCUT2D eigenvalue weighted by molar-refractivity contribution is 0.119. The highest BCUT2D eigenvalue weighted by molar-refractivity contribution is 7.90. The van der Waals surface area contributed by atoms with Crippen LogP contribution in [-0.4, -0.2) is 34.1 Å². The summed E-state index contributed by atoms with van der Waals surface area (Å²) in [5, 5.41) is 3.22. The minimum atomic E-state index is -2.86. The Bertz CT molecular complexity index is 471. The number of sulfone groups is 1. The van der Waals surface area contributed by atoms with Crippen molar-refractivity contribution in [2.24, 2.45) is 0 Å². The summed E-state index contributed by atoms with van der Waals surface area (Å²) in [7, 11) is -1.19. The van der Waals surface area contributed by atoms with Gasteiger partial charge in [-0.1, -0.05) is 12.1 Å². The van der Waals surface area contributed by atoms with Crippen molar-refractivity contribution >= 4 is 15.5 Å². The van der Waals surface area contributed by atoms with Crippen molar-refractivity contribution in [3.63, 3.8) is 0 Å². The van der Waals surface area contributed by atoms with Crippen molar-refractivity contribution in [3.8, 4) is 0 Å². The largest absolute Gasteiger partial charge is 0.385 e. The second kappa shape index (κ2) is 6.75. The van der Waals surface area contributed by atoms with Crippen molar-refractivity contribution in [3.05, 3.63) is 29.8 Å². The Morgan fingerprint density at radius 1 is 1.39 bits per heavy atom. The normalized spacial score (nSPS) is 13.3. The zero-order valence-corrected chi connectivity index (χ0v) is 12.0. The third-order valence-corrected chi connectivity index (χ3v) is 3.76. The molecule has 1 rings (SSSR count). The molecule has 5 heteroatoms. The Hall–Kier alpha value is -1.07. The summed E-state index contributed by atoms with van der Waals surface area (Å²) in [5.41, 5.74) is 2.09. The molecule has 0 bridgehead atoms. The SMILES string of the molecule is COC(C)c1cccc(NCCCS(C)(=O)=O)c1. The molecule has 1 atom stereocenters. The summed E-state index contributed by atoms with van der Waals surface area (Å²) in [5.74, 6) is 0.216. The van der Waals surface area contributed by atoms with E-state index in [9.17, 15) is 8.42 Å². The summed E-state index contributed by atoms with van der Waals surface area (Å²) in [6.45, 7) is 2.64. The molecule has 0 fully saturated rings. The fourth-order valence-corrected chi connectivity index (χ4v) is 2.27. The molecule has 0 heterocycles. The number of ether oxygens (including phenoxy) is 1. The van der Waals surface area contributed by atoms with Gasteiger partial charge in [0.2, 0.25) is 0 Å². The molecule has 0 aliphatic heterocycles. The van der Waals surface area contributed by atoms with E-state index in [-0.39, 0.29) is 11.9 Å². The molecule has 1 aromatic carbocycles. The van der Waals surface area contributed by atoms with Crippen LogP contribution in [0, 0.1) is 0 Å². The van der Waals surface area contributed by atoms with Gasteiger partial charge in [-0.25, -0.2) is 8.42 Å². The Labute approximate surface area is 109 Å². The first-order valence-corrected chi connectivity index (χ1v) is 8.03. The predicted molar refractivity (Wildman–Crippen MR) is 74.7 cm³/mol. The summed E-state index contributed by atoms with van der Waals surface area (Å²) >= 11 is 0. The molecule has 0 saturated carbocycles. The minimum absolute atomic E-state index is 0.0581. The summed E-state index contributed by atoms with van der Waals surface area (Å²) in [4.78, 5) is 0. The first kappa shape index (κ1) is 15.0. The van der Waals surface area contributed by atoms with Crippen LogP contribution in [-0.2, 0) is 14.6 Å². The standard InChI is InChI=1S/C13H21NO3S/c1-11(17-2)12-6-4-7-13(10-12)14-8-5-9-18(3,15)16/h4,6-7,10-11,14H,5,8-9H2,1-3H3. The van der Waals surface area contributed by atoms with Gasteiger partial charge < -0.3 is 10.1 Å². The van der Waals surface area contributed by atoms with Gasteiger partial charge in [-0.05, 0) is 31.0 Å². The number of rotatable bonds is 7. The maximum Gasteiger partial charge on any atom is 0.147 e. The van der Waals surface area contributed by atoms with Crippen LogP contribution < -0.4 is 5.32 Å². The van der Waals surface area contributed by atoms with Crippen molar-refractivity contribution < 1.29 is 13.2 Å². The summed E-state index contributed by atoms with van der Waals surface area (Å²) < 4.78 is 27.2. The molecule has 0 saturated heterocycles. The van der Waals surface area contributed by atoms with Crippen molar-refractivity contribution in [2.45, 2.75) is 19.4 Å². The highest BCUT2D eigenvalue weighted by Crippen LogP contribution is 2.19. The van der Waals surface area contributed by atoms with E-state index < -0.39 is 9.84 Å². The van der Waals surface area contributed by atoms with E-state index in [0.29, 0.717) is 13.0 Å². The zero-order valence-electron chi connectivity index (χ0n) is 11.1. The predicted octanol–water partition coefficient (Wildman–Crippen LogP) is 2.24. The molecule has 0 radical (unpaired) electrons. The van der Waals surface area contributed by atoms with E-state index in [1.807, 2.05) is 31.2 Å². The van der Waals surface area contributed by atoms with Crippen LogP contribution >= 0.6 is 0 Å². The van der Waals surface area contributed by atoms with Gasteiger partial charge in [0.25, 0.3) is 0 Å². The van der Waals surface area contributed by atoms with Crippen LogP contribution in [0.5, 0.6) is 0 Å². The number of hydrogen-bond donors (Lipinski definition) is 1. The highest BCUT2D eigenvalue weighted by atomic mass is 32.2. The van der Waals surface area contributed by atoms with Crippen molar-refractivity contribution in [2.75, 3.05) is 31.0 Å². The third-order valence-electron chi connectivity index (χ3n) is 2.73. The third kappa shape index (κ3) is 5.51.